The summed E-state index contributed by atoms with van der Waals surface area (Å²) in [6.45, 7) is 0. The van der Waals surface area contributed by atoms with Crippen molar-refractivity contribution in [3.8, 4) is 11.3 Å². The standard InChI is InChI=1S/C22H19F3N2OS/c23-22(24,25)18-7-3-6-17(12-18)21-19(13-29-27-21)26-20(28)11-14-8-9-15-4-1-2-5-16(15)10-14/h3,6-10,12-13H,1-2,4-5,11H2,(H,26,28). The second-order valence-corrected chi connectivity index (χ2v) is 7.82. The molecule has 0 aliphatic heterocycles. The summed E-state index contributed by atoms with van der Waals surface area (Å²) in [5.41, 5.74) is 3.96. The number of aromatic nitrogens is 1. The largest absolute Gasteiger partial charge is 0.416 e. The van der Waals surface area contributed by atoms with Gasteiger partial charge in [-0.25, -0.2) is 0 Å². The average molecular weight is 416 g/mol. The minimum absolute atomic E-state index is 0.213. The van der Waals surface area contributed by atoms with Gasteiger partial charge in [0.15, 0.2) is 0 Å². The van der Waals surface area contributed by atoms with E-state index in [0.717, 1.165) is 42.1 Å². The average Bonchev–Trinajstić information content (AvgIpc) is 3.15. The van der Waals surface area contributed by atoms with Crippen molar-refractivity contribution in [2.75, 3.05) is 5.32 Å². The molecule has 1 aromatic heterocycles. The van der Waals surface area contributed by atoms with Gasteiger partial charge in [0.2, 0.25) is 5.91 Å². The van der Waals surface area contributed by atoms with Crippen molar-refractivity contribution < 1.29 is 18.0 Å². The maximum atomic E-state index is 13.0. The van der Waals surface area contributed by atoms with Crippen LogP contribution in [0, 0.1) is 0 Å². The van der Waals surface area contributed by atoms with Crippen LogP contribution in [0.2, 0.25) is 0 Å². The summed E-state index contributed by atoms with van der Waals surface area (Å²) in [6.07, 6.45) is 0.286. The first-order valence-corrected chi connectivity index (χ1v) is 10.3. The second kappa shape index (κ2) is 7.99. The fraction of sp³-hybridized carbons (Fsp3) is 0.273. The van der Waals surface area contributed by atoms with Crippen molar-refractivity contribution in [3.63, 3.8) is 0 Å². The summed E-state index contributed by atoms with van der Waals surface area (Å²) in [4.78, 5) is 12.5. The smallest absolute Gasteiger partial charge is 0.323 e. The lowest BCUT2D eigenvalue weighted by molar-refractivity contribution is -0.137. The van der Waals surface area contributed by atoms with Gasteiger partial charge in [-0.15, -0.1) is 0 Å². The Hall–Kier alpha value is -2.67. The van der Waals surface area contributed by atoms with Gasteiger partial charge in [0.05, 0.1) is 17.7 Å². The molecule has 1 heterocycles. The zero-order valence-corrected chi connectivity index (χ0v) is 16.4. The summed E-state index contributed by atoms with van der Waals surface area (Å²) in [7, 11) is 0. The zero-order chi connectivity index (χ0) is 20.4. The van der Waals surface area contributed by atoms with Crippen LogP contribution in [0.5, 0.6) is 0 Å². The van der Waals surface area contributed by atoms with E-state index >= 15 is 0 Å². The first-order chi connectivity index (χ1) is 13.9. The first-order valence-electron chi connectivity index (χ1n) is 9.43. The second-order valence-electron chi connectivity index (χ2n) is 7.19. The van der Waals surface area contributed by atoms with Gasteiger partial charge in [0.25, 0.3) is 0 Å². The molecule has 0 fully saturated rings. The maximum absolute atomic E-state index is 13.0. The lowest BCUT2D eigenvalue weighted by atomic mass is 9.90. The Morgan fingerprint density at radius 2 is 1.86 bits per heavy atom. The van der Waals surface area contributed by atoms with Crippen LogP contribution >= 0.6 is 11.5 Å². The van der Waals surface area contributed by atoms with Crippen molar-refractivity contribution in [2.24, 2.45) is 0 Å². The fourth-order valence-corrected chi connectivity index (χ4v) is 4.29. The number of benzene rings is 2. The van der Waals surface area contributed by atoms with E-state index in [4.69, 9.17) is 0 Å². The number of halogens is 3. The molecule has 0 radical (unpaired) electrons. The third-order valence-electron chi connectivity index (χ3n) is 5.08. The van der Waals surface area contributed by atoms with Crippen molar-refractivity contribution in [3.05, 3.63) is 70.1 Å². The molecule has 4 rings (SSSR count). The molecule has 3 aromatic rings. The molecule has 0 saturated carbocycles. The Morgan fingerprint density at radius 1 is 1.07 bits per heavy atom. The lowest BCUT2D eigenvalue weighted by Crippen LogP contribution is -2.15. The van der Waals surface area contributed by atoms with Crippen molar-refractivity contribution in [1.29, 1.82) is 0 Å². The number of carbonyl (C=O) groups excluding carboxylic acids is 1. The third-order valence-corrected chi connectivity index (χ3v) is 5.71. The van der Waals surface area contributed by atoms with E-state index in [1.807, 2.05) is 6.07 Å². The van der Waals surface area contributed by atoms with E-state index in [1.165, 1.54) is 30.0 Å². The number of carbonyl (C=O) groups is 1. The van der Waals surface area contributed by atoms with Crippen LogP contribution in [0.15, 0.2) is 47.8 Å². The van der Waals surface area contributed by atoms with E-state index in [-0.39, 0.29) is 12.3 Å². The predicted molar refractivity (Wildman–Crippen MR) is 108 cm³/mol. The number of anilines is 1. The molecule has 0 saturated heterocycles. The molecule has 0 bridgehead atoms. The quantitative estimate of drug-likeness (QED) is 0.576. The molecule has 1 aliphatic carbocycles. The van der Waals surface area contributed by atoms with Gasteiger partial charge in [0.1, 0.15) is 5.69 Å². The van der Waals surface area contributed by atoms with Crippen LogP contribution in [0.3, 0.4) is 0 Å². The molecule has 29 heavy (non-hydrogen) atoms. The molecule has 1 amide bonds. The van der Waals surface area contributed by atoms with Crippen LogP contribution in [-0.4, -0.2) is 10.3 Å². The van der Waals surface area contributed by atoms with Crippen LogP contribution in [-0.2, 0) is 30.2 Å². The maximum Gasteiger partial charge on any atom is 0.416 e. The number of hydrogen-bond donors (Lipinski definition) is 1. The van der Waals surface area contributed by atoms with E-state index < -0.39 is 11.7 Å². The molecular formula is C22H19F3N2OS. The minimum Gasteiger partial charge on any atom is -0.323 e. The molecular weight excluding hydrogens is 397 g/mol. The lowest BCUT2D eigenvalue weighted by Gasteiger charge is -2.16. The zero-order valence-electron chi connectivity index (χ0n) is 15.6. The van der Waals surface area contributed by atoms with Crippen molar-refractivity contribution in [1.82, 2.24) is 4.37 Å². The highest BCUT2D eigenvalue weighted by Crippen LogP contribution is 2.34. The molecule has 3 nitrogen and oxygen atoms in total. The van der Waals surface area contributed by atoms with Gasteiger partial charge in [-0.3, -0.25) is 4.79 Å². The number of amides is 1. The van der Waals surface area contributed by atoms with Gasteiger partial charge in [-0.2, -0.15) is 17.5 Å². The van der Waals surface area contributed by atoms with Crippen LogP contribution in [0.25, 0.3) is 11.3 Å². The third kappa shape index (κ3) is 4.50. The summed E-state index contributed by atoms with van der Waals surface area (Å²) in [6, 6.07) is 11.1. The Kier molecular flexibility index (Phi) is 5.41. The predicted octanol–water partition coefficient (Wildman–Crippen LogP) is 5.89. The van der Waals surface area contributed by atoms with Crippen LogP contribution in [0.4, 0.5) is 18.9 Å². The SMILES string of the molecule is O=C(Cc1ccc2c(c1)CCCC2)Nc1csnc1-c1cccc(C(F)(F)F)c1. The number of rotatable bonds is 4. The van der Waals surface area contributed by atoms with E-state index in [1.54, 1.807) is 11.4 Å². The molecule has 2 aromatic carbocycles. The minimum atomic E-state index is -4.43. The fourth-order valence-electron chi connectivity index (χ4n) is 3.65. The van der Waals surface area contributed by atoms with Gasteiger partial charge in [0, 0.05) is 10.9 Å². The molecule has 1 aliphatic rings. The molecule has 0 atom stereocenters. The summed E-state index contributed by atoms with van der Waals surface area (Å²) < 4.78 is 43.2. The molecule has 150 valence electrons. The Morgan fingerprint density at radius 3 is 2.66 bits per heavy atom. The monoisotopic (exact) mass is 416 g/mol. The molecule has 0 spiro atoms. The topological polar surface area (TPSA) is 42.0 Å². The highest BCUT2D eigenvalue weighted by Gasteiger charge is 2.30. The Labute approximate surface area is 170 Å². The number of aryl methyl sites for hydroxylation is 2. The van der Waals surface area contributed by atoms with Crippen LogP contribution < -0.4 is 5.32 Å². The van der Waals surface area contributed by atoms with Gasteiger partial charge < -0.3 is 5.32 Å². The highest BCUT2D eigenvalue weighted by molar-refractivity contribution is 7.04. The number of alkyl halides is 3. The Bertz CT molecular complexity index is 1040. The first kappa shape index (κ1) is 19.6. The van der Waals surface area contributed by atoms with Crippen molar-refractivity contribution >= 4 is 23.1 Å². The van der Waals surface area contributed by atoms with E-state index in [9.17, 15) is 18.0 Å². The molecule has 7 heteroatoms. The summed E-state index contributed by atoms with van der Waals surface area (Å²) in [5, 5.41) is 4.44. The summed E-state index contributed by atoms with van der Waals surface area (Å²) in [5.74, 6) is -0.214. The normalized spacial score (nSPS) is 13.8. The van der Waals surface area contributed by atoms with Gasteiger partial charge in [-0.05, 0) is 66.0 Å². The van der Waals surface area contributed by atoms with Gasteiger partial charge in [-0.1, -0.05) is 30.3 Å². The number of fused-ring (bicyclic) bond motifs is 1. The van der Waals surface area contributed by atoms with Crippen molar-refractivity contribution in [2.45, 2.75) is 38.3 Å². The van der Waals surface area contributed by atoms with E-state index in [0.29, 0.717) is 16.9 Å². The number of nitrogens with one attached hydrogen (secondary N) is 1. The molecule has 1 N–H and O–H groups in total. The number of nitrogens with zero attached hydrogens (tertiary/aromatic N) is 1. The Balaban J connectivity index is 1.50. The van der Waals surface area contributed by atoms with Crippen LogP contribution in [0.1, 0.15) is 35.1 Å². The van der Waals surface area contributed by atoms with E-state index in [2.05, 4.69) is 21.8 Å². The highest BCUT2D eigenvalue weighted by atomic mass is 32.1. The number of hydrogen-bond acceptors (Lipinski definition) is 3. The molecule has 0 unspecified atom stereocenters. The van der Waals surface area contributed by atoms with Gasteiger partial charge >= 0.3 is 6.18 Å². The summed E-state index contributed by atoms with van der Waals surface area (Å²) >= 11 is 1.10.